The second-order valence-electron chi connectivity index (χ2n) is 3.28. The molecule has 4 nitrogen and oxygen atoms in total. The second kappa shape index (κ2) is 3.41. The lowest BCUT2D eigenvalue weighted by atomic mass is 10.1. The summed E-state index contributed by atoms with van der Waals surface area (Å²) < 4.78 is 2.82. The lowest BCUT2D eigenvalue weighted by Crippen LogP contribution is -1.96. The summed E-state index contributed by atoms with van der Waals surface area (Å²) in [7, 11) is 1.85. The average molecular weight is 317 g/mol. The predicted octanol–water partition coefficient (Wildman–Crippen LogP) is 2.19. The van der Waals surface area contributed by atoms with Crippen LogP contribution in [0.15, 0.2) is 18.3 Å². The number of benzene rings is 1. The number of phenols is 1. The number of fused-ring (bicyclic) bond motifs is 1. The summed E-state index contributed by atoms with van der Waals surface area (Å²) in [6.07, 6.45) is 1.89. The molecule has 2 N–H and O–H groups in total. The minimum atomic E-state index is -1.12. The normalized spacial score (nSPS) is 10.8. The Balaban J connectivity index is 2.85. The minimum absolute atomic E-state index is 0.0633. The van der Waals surface area contributed by atoms with Crippen molar-refractivity contribution < 1.29 is 15.0 Å². The van der Waals surface area contributed by atoms with Gasteiger partial charge in [-0.3, -0.25) is 0 Å². The maximum absolute atomic E-state index is 10.8. The number of aromatic hydroxyl groups is 1. The number of hydrogen-bond acceptors (Lipinski definition) is 2. The summed E-state index contributed by atoms with van der Waals surface area (Å²) in [6.45, 7) is 0. The zero-order chi connectivity index (χ0) is 11.2. The zero-order valence-corrected chi connectivity index (χ0v) is 10.0. The molecule has 2 aromatic rings. The van der Waals surface area contributed by atoms with Crippen LogP contribution in [0.3, 0.4) is 0 Å². The van der Waals surface area contributed by atoms with Crippen molar-refractivity contribution >= 4 is 39.5 Å². The van der Waals surface area contributed by atoms with Crippen molar-refractivity contribution in [2.75, 3.05) is 0 Å². The number of aromatic carboxylic acids is 1. The highest BCUT2D eigenvalue weighted by atomic mass is 127. The molecule has 0 aliphatic rings. The van der Waals surface area contributed by atoms with Gasteiger partial charge in [-0.1, -0.05) is 0 Å². The van der Waals surface area contributed by atoms with Crippen LogP contribution in [0.1, 0.15) is 10.4 Å². The van der Waals surface area contributed by atoms with Crippen LogP contribution in [-0.4, -0.2) is 20.7 Å². The van der Waals surface area contributed by atoms with E-state index in [1.54, 1.807) is 0 Å². The molecule has 1 aromatic carbocycles. The molecule has 0 aliphatic carbocycles. The van der Waals surface area contributed by atoms with Crippen LogP contribution in [0.2, 0.25) is 0 Å². The molecule has 5 heteroatoms. The van der Waals surface area contributed by atoms with Gasteiger partial charge in [-0.15, -0.1) is 0 Å². The van der Waals surface area contributed by atoms with Gasteiger partial charge < -0.3 is 14.8 Å². The highest BCUT2D eigenvalue weighted by molar-refractivity contribution is 14.1. The molecule has 1 heterocycles. The first-order chi connectivity index (χ1) is 7.00. The van der Waals surface area contributed by atoms with Gasteiger partial charge in [0, 0.05) is 28.3 Å². The van der Waals surface area contributed by atoms with Crippen LogP contribution in [0.5, 0.6) is 5.75 Å². The van der Waals surface area contributed by atoms with Crippen molar-refractivity contribution in [2.24, 2.45) is 7.05 Å². The largest absolute Gasteiger partial charge is 0.507 e. The molecule has 15 heavy (non-hydrogen) atoms. The highest BCUT2D eigenvalue weighted by Crippen LogP contribution is 2.29. The number of aryl methyl sites for hydroxylation is 1. The summed E-state index contributed by atoms with van der Waals surface area (Å²) >= 11 is 2.14. The smallest absolute Gasteiger partial charge is 0.339 e. The van der Waals surface area contributed by atoms with Gasteiger partial charge in [0.25, 0.3) is 0 Å². The van der Waals surface area contributed by atoms with Crippen LogP contribution >= 0.6 is 22.6 Å². The minimum Gasteiger partial charge on any atom is -0.507 e. The number of aromatic nitrogens is 1. The third kappa shape index (κ3) is 1.56. The van der Waals surface area contributed by atoms with Crippen molar-refractivity contribution in [3.8, 4) is 5.75 Å². The van der Waals surface area contributed by atoms with E-state index in [1.165, 1.54) is 12.1 Å². The van der Waals surface area contributed by atoms with Gasteiger partial charge in [-0.2, -0.15) is 0 Å². The molecule has 0 radical (unpaired) electrons. The van der Waals surface area contributed by atoms with Gasteiger partial charge in [0.1, 0.15) is 11.3 Å². The molecular weight excluding hydrogens is 309 g/mol. The van der Waals surface area contributed by atoms with Crippen molar-refractivity contribution in [1.82, 2.24) is 4.57 Å². The van der Waals surface area contributed by atoms with Crippen molar-refractivity contribution in [2.45, 2.75) is 0 Å². The fourth-order valence-electron chi connectivity index (χ4n) is 1.54. The van der Waals surface area contributed by atoms with E-state index in [0.29, 0.717) is 0 Å². The molecule has 1 aromatic heterocycles. The number of hydrogen-bond donors (Lipinski definition) is 2. The summed E-state index contributed by atoms with van der Waals surface area (Å²) in [5.41, 5.74) is 0.758. The van der Waals surface area contributed by atoms with E-state index in [-0.39, 0.29) is 11.3 Å². The van der Waals surface area contributed by atoms with E-state index in [4.69, 9.17) is 5.11 Å². The van der Waals surface area contributed by atoms with E-state index in [9.17, 15) is 9.90 Å². The van der Waals surface area contributed by atoms with Gasteiger partial charge in [0.05, 0.1) is 5.52 Å². The fraction of sp³-hybridized carbons (Fsp3) is 0.100. The van der Waals surface area contributed by atoms with E-state index in [2.05, 4.69) is 22.6 Å². The summed E-state index contributed by atoms with van der Waals surface area (Å²) in [5.74, 6) is -1.32. The highest BCUT2D eigenvalue weighted by Gasteiger charge is 2.14. The number of nitrogens with zero attached hydrogens (tertiary/aromatic N) is 1. The van der Waals surface area contributed by atoms with Gasteiger partial charge in [-0.05, 0) is 28.7 Å². The molecule has 0 amide bonds. The quantitative estimate of drug-likeness (QED) is 0.793. The summed E-state index contributed by atoms with van der Waals surface area (Å²) in [4.78, 5) is 10.8. The Bertz CT molecular complexity index is 559. The molecule has 0 aliphatic heterocycles. The third-order valence-electron chi connectivity index (χ3n) is 2.29. The Morgan fingerprint density at radius 3 is 2.73 bits per heavy atom. The molecule has 0 saturated carbocycles. The van der Waals surface area contributed by atoms with E-state index in [1.807, 2.05) is 17.8 Å². The first-order valence-electron chi connectivity index (χ1n) is 4.21. The number of carbonyl (C=O) groups is 1. The first-order valence-corrected chi connectivity index (χ1v) is 5.29. The molecule has 0 saturated heterocycles. The van der Waals surface area contributed by atoms with Crippen LogP contribution in [0.4, 0.5) is 0 Å². The van der Waals surface area contributed by atoms with Gasteiger partial charge in [0.15, 0.2) is 0 Å². The second-order valence-corrected chi connectivity index (χ2v) is 4.44. The SMILES string of the molecule is Cn1cc(I)c2cc(C(=O)O)c(O)cc21. The summed E-state index contributed by atoms with van der Waals surface area (Å²) in [6, 6.07) is 2.97. The Labute approximate surface area is 99.3 Å². The van der Waals surface area contributed by atoms with Crippen LogP contribution in [0.25, 0.3) is 10.9 Å². The molecule has 0 unspecified atom stereocenters. The number of carboxylic acids is 1. The number of rotatable bonds is 1. The van der Waals surface area contributed by atoms with E-state index in [0.717, 1.165) is 14.5 Å². The molecule has 0 fully saturated rings. The lowest BCUT2D eigenvalue weighted by Gasteiger charge is -2.01. The van der Waals surface area contributed by atoms with Crippen LogP contribution < -0.4 is 0 Å². The topological polar surface area (TPSA) is 62.5 Å². The maximum atomic E-state index is 10.8. The number of halogens is 1. The van der Waals surface area contributed by atoms with Gasteiger partial charge >= 0.3 is 5.97 Å². The standard InChI is InChI=1S/C10H8INO3/c1-12-4-7(11)5-2-6(10(14)15)9(13)3-8(5)12/h2-4,13H,1H3,(H,14,15). The van der Waals surface area contributed by atoms with Gasteiger partial charge in [-0.25, -0.2) is 4.79 Å². The Hall–Kier alpha value is -1.24. The third-order valence-corrected chi connectivity index (χ3v) is 3.15. The molecule has 78 valence electrons. The monoisotopic (exact) mass is 317 g/mol. The molecular formula is C10H8INO3. The van der Waals surface area contributed by atoms with Crippen molar-refractivity contribution in [1.29, 1.82) is 0 Å². The fourth-order valence-corrected chi connectivity index (χ4v) is 2.39. The Morgan fingerprint density at radius 1 is 1.47 bits per heavy atom. The number of carboxylic acid groups (broad SMARTS) is 1. The summed E-state index contributed by atoms with van der Waals surface area (Å²) in [5, 5.41) is 19.2. The maximum Gasteiger partial charge on any atom is 0.339 e. The predicted molar refractivity (Wildman–Crippen MR) is 64.3 cm³/mol. The average Bonchev–Trinajstić information content (AvgIpc) is 2.41. The molecule has 0 bridgehead atoms. The van der Waals surface area contributed by atoms with Gasteiger partial charge in [0.2, 0.25) is 0 Å². The first kappa shape index (κ1) is 10.3. The van der Waals surface area contributed by atoms with E-state index >= 15 is 0 Å². The van der Waals surface area contributed by atoms with Crippen LogP contribution in [0, 0.1) is 3.57 Å². The van der Waals surface area contributed by atoms with E-state index < -0.39 is 5.97 Å². The Morgan fingerprint density at radius 2 is 2.13 bits per heavy atom. The molecule has 2 rings (SSSR count). The van der Waals surface area contributed by atoms with Crippen molar-refractivity contribution in [3.05, 3.63) is 27.5 Å². The Kier molecular flexibility index (Phi) is 2.34. The lowest BCUT2D eigenvalue weighted by molar-refractivity contribution is 0.0694. The zero-order valence-electron chi connectivity index (χ0n) is 7.86. The molecule has 0 atom stereocenters. The van der Waals surface area contributed by atoms with Crippen molar-refractivity contribution in [3.63, 3.8) is 0 Å². The van der Waals surface area contributed by atoms with Crippen LogP contribution in [-0.2, 0) is 7.05 Å². The molecule has 0 spiro atoms.